The van der Waals surface area contributed by atoms with Crippen LogP contribution in [0.15, 0.2) is 36.7 Å². The van der Waals surface area contributed by atoms with Crippen LogP contribution in [0, 0.1) is 0 Å². The summed E-state index contributed by atoms with van der Waals surface area (Å²) in [5.41, 5.74) is 7.00. The van der Waals surface area contributed by atoms with Crippen LogP contribution in [-0.4, -0.2) is 14.8 Å². The minimum absolute atomic E-state index is 0.0991. The van der Waals surface area contributed by atoms with Crippen LogP contribution in [0.4, 0.5) is 0 Å². The van der Waals surface area contributed by atoms with Gasteiger partial charge in [0.25, 0.3) is 0 Å². The number of aromatic nitrogens is 3. The first-order valence-electron chi connectivity index (χ1n) is 5.44. The number of benzene rings is 1. The molecular weight excluding hydrogens is 200 g/mol. The van der Waals surface area contributed by atoms with Gasteiger partial charge in [0, 0.05) is 6.54 Å². The summed E-state index contributed by atoms with van der Waals surface area (Å²) in [5, 5.41) is 4.31. The average molecular weight is 216 g/mol. The topological polar surface area (TPSA) is 56.7 Å². The highest BCUT2D eigenvalue weighted by molar-refractivity contribution is 5.14. The summed E-state index contributed by atoms with van der Waals surface area (Å²) in [5.74, 6) is 0.702. The van der Waals surface area contributed by atoms with Gasteiger partial charge in [-0.15, -0.1) is 0 Å². The summed E-state index contributed by atoms with van der Waals surface area (Å²) in [6, 6.07) is 10.2. The molecule has 0 saturated carbocycles. The Morgan fingerprint density at radius 2 is 2.06 bits per heavy atom. The number of hydrogen-bond donors (Lipinski definition) is 1. The lowest BCUT2D eigenvalue weighted by Crippen LogP contribution is -2.09. The molecule has 0 amide bonds. The molecule has 0 aliphatic heterocycles. The van der Waals surface area contributed by atoms with Crippen molar-refractivity contribution in [2.75, 3.05) is 0 Å². The number of nitrogens with two attached hydrogens (primary N) is 1. The highest BCUT2D eigenvalue weighted by Gasteiger charge is 2.04. The Morgan fingerprint density at radius 3 is 2.69 bits per heavy atom. The van der Waals surface area contributed by atoms with E-state index in [9.17, 15) is 0 Å². The van der Waals surface area contributed by atoms with Crippen molar-refractivity contribution in [3.8, 4) is 0 Å². The maximum absolute atomic E-state index is 5.70. The van der Waals surface area contributed by atoms with Gasteiger partial charge in [-0.1, -0.05) is 30.3 Å². The molecule has 4 heteroatoms. The highest BCUT2D eigenvalue weighted by atomic mass is 15.3. The first kappa shape index (κ1) is 10.8. The molecule has 2 rings (SSSR count). The van der Waals surface area contributed by atoms with Crippen LogP contribution in [0.25, 0.3) is 0 Å². The third-order valence-corrected chi connectivity index (χ3v) is 2.43. The van der Waals surface area contributed by atoms with Gasteiger partial charge in [-0.05, 0) is 18.9 Å². The normalized spacial score (nSPS) is 12.6. The molecule has 0 fully saturated rings. The fourth-order valence-electron chi connectivity index (χ4n) is 1.51. The van der Waals surface area contributed by atoms with E-state index >= 15 is 0 Å². The van der Waals surface area contributed by atoms with Crippen molar-refractivity contribution in [3.63, 3.8) is 0 Å². The van der Waals surface area contributed by atoms with E-state index in [0.717, 1.165) is 13.0 Å². The lowest BCUT2D eigenvalue weighted by molar-refractivity contribution is 0.595. The Balaban J connectivity index is 1.95. The zero-order valence-corrected chi connectivity index (χ0v) is 9.37. The molecule has 84 valence electrons. The maximum Gasteiger partial charge on any atom is 0.166 e. The Bertz CT molecular complexity index is 433. The van der Waals surface area contributed by atoms with Gasteiger partial charge < -0.3 is 5.73 Å². The quantitative estimate of drug-likeness (QED) is 0.843. The smallest absolute Gasteiger partial charge is 0.166 e. The monoisotopic (exact) mass is 216 g/mol. The summed E-state index contributed by atoms with van der Waals surface area (Å²) in [7, 11) is 0. The molecule has 16 heavy (non-hydrogen) atoms. The van der Waals surface area contributed by atoms with E-state index in [-0.39, 0.29) is 6.04 Å². The zero-order chi connectivity index (χ0) is 11.4. The van der Waals surface area contributed by atoms with Crippen molar-refractivity contribution < 1.29 is 0 Å². The molecule has 1 aromatic carbocycles. The van der Waals surface area contributed by atoms with Gasteiger partial charge in [0.15, 0.2) is 5.82 Å². The zero-order valence-electron chi connectivity index (χ0n) is 9.37. The van der Waals surface area contributed by atoms with Crippen LogP contribution in [0.1, 0.15) is 24.4 Å². The Hall–Kier alpha value is -1.68. The van der Waals surface area contributed by atoms with Crippen molar-refractivity contribution in [2.24, 2.45) is 5.73 Å². The van der Waals surface area contributed by atoms with Crippen LogP contribution < -0.4 is 5.73 Å². The number of aryl methyl sites for hydroxylation is 2. The van der Waals surface area contributed by atoms with Gasteiger partial charge in [-0.2, -0.15) is 5.10 Å². The molecule has 2 N–H and O–H groups in total. The predicted octanol–water partition coefficient (Wildman–Crippen LogP) is 1.54. The molecule has 0 spiro atoms. The molecule has 0 aliphatic rings. The first-order valence-corrected chi connectivity index (χ1v) is 5.44. The highest BCUT2D eigenvalue weighted by Crippen LogP contribution is 2.03. The van der Waals surface area contributed by atoms with E-state index in [1.165, 1.54) is 5.56 Å². The largest absolute Gasteiger partial charge is 0.321 e. The van der Waals surface area contributed by atoms with Gasteiger partial charge in [-0.3, -0.25) is 4.68 Å². The second-order valence-corrected chi connectivity index (χ2v) is 3.89. The average Bonchev–Trinajstić information content (AvgIpc) is 2.76. The molecule has 0 bridgehead atoms. The molecule has 2 aromatic rings. The molecule has 4 nitrogen and oxygen atoms in total. The number of hydrogen-bond acceptors (Lipinski definition) is 3. The fourth-order valence-corrected chi connectivity index (χ4v) is 1.51. The Labute approximate surface area is 95.1 Å². The molecule has 0 saturated heterocycles. The molecular formula is C12H16N4. The summed E-state index contributed by atoms with van der Waals surface area (Å²) in [6.07, 6.45) is 2.70. The van der Waals surface area contributed by atoms with Crippen molar-refractivity contribution >= 4 is 0 Å². The predicted molar refractivity (Wildman–Crippen MR) is 62.8 cm³/mol. The van der Waals surface area contributed by atoms with Crippen LogP contribution >= 0.6 is 0 Å². The van der Waals surface area contributed by atoms with Crippen molar-refractivity contribution in [3.05, 3.63) is 48.0 Å². The molecule has 1 heterocycles. The van der Waals surface area contributed by atoms with Crippen molar-refractivity contribution in [1.29, 1.82) is 0 Å². The lowest BCUT2D eigenvalue weighted by Gasteiger charge is -2.01. The van der Waals surface area contributed by atoms with Crippen LogP contribution in [0.5, 0.6) is 0 Å². The van der Waals surface area contributed by atoms with Crippen LogP contribution in [0.2, 0.25) is 0 Å². The van der Waals surface area contributed by atoms with Crippen molar-refractivity contribution in [1.82, 2.24) is 14.8 Å². The maximum atomic E-state index is 5.70. The van der Waals surface area contributed by atoms with Crippen molar-refractivity contribution in [2.45, 2.75) is 25.9 Å². The number of rotatable bonds is 4. The van der Waals surface area contributed by atoms with Crippen LogP contribution in [-0.2, 0) is 13.0 Å². The van der Waals surface area contributed by atoms with Crippen LogP contribution in [0.3, 0.4) is 0 Å². The molecule has 1 aromatic heterocycles. The molecule has 1 atom stereocenters. The van der Waals surface area contributed by atoms with E-state index in [1.807, 2.05) is 29.8 Å². The Kier molecular flexibility index (Phi) is 3.31. The summed E-state index contributed by atoms with van der Waals surface area (Å²) in [6.45, 7) is 2.72. The number of nitrogens with zero attached hydrogens (tertiary/aromatic N) is 3. The van der Waals surface area contributed by atoms with Gasteiger partial charge in [0.1, 0.15) is 6.33 Å². The third-order valence-electron chi connectivity index (χ3n) is 2.43. The minimum Gasteiger partial charge on any atom is -0.321 e. The van der Waals surface area contributed by atoms with E-state index in [2.05, 4.69) is 22.2 Å². The van der Waals surface area contributed by atoms with Gasteiger partial charge in [-0.25, -0.2) is 4.98 Å². The summed E-state index contributed by atoms with van der Waals surface area (Å²) >= 11 is 0. The SMILES string of the molecule is CC(N)c1ncn(CCc2ccccc2)n1. The summed E-state index contributed by atoms with van der Waals surface area (Å²) < 4.78 is 1.84. The minimum atomic E-state index is -0.0991. The van der Waals surface area contributed by atoms with E-state index in [1.54, 1.807) is 6.33 Å². The lowest BCUT2D eigenvalue weighted by atomic mass is 10.2. The van der Waals surface area contributed by atoms with Gasteiger partial charge in [0.2, 0.25) is 0 Å². The second-order valence-electron chi connectivity index (χ2n) is 3.89. The standard InChI is InChI=1S/C12H16N4/c1-10(13)12-14-9-16(15-12)8-7-11-5-3-2-4-6-11/h2-6,9-10H,7-8,13H2,1H3. The fraction of sp³-hybridized carbons (Fsp3) is 0.333. The second kappa shape index (κ2) is 4.90. The first-order chi connectivity index (χ1) is 7.75. The van der Waals surface area contributed by atoms with E-state index < -0.39 is 0 Å². The van der Waals surface area contributed by atoms with E-state index in [4.69, 9.17) is 5.73 Å². The Morgan fingerprint density at radius 1 is 1.31 bits per heavy atom. The summed E-state index contributed by atoms with van der Waals surface area (Å²) in [4.78, 5) is 4.15. The molecule has 0 radical (unpaired) electrons. The van der Waals surface area contributed by atoms with Gasteiger partial charge >= 0.3 is 0 Å². The third kappa shape index (κ3) is 2.67. The van der Waals surface area contributed by atoms with E-state index in [0.29, 0.717) is 5.82 Å². The van der Waals surface area contributed by atoms with Gasteiger partial charge in [0.05, 0.1) is 6.04 Å². The molecule has 1 unspecified atom stereocenters. The molecule has 0 aliphatic carbocycles.